The van der Waals surface area contributed by atoms with Crippen molar-refractivity contribution in [3.63, 3.8) is 0 Å². The van der Waals surface area contributed by atoms with Crippen molar-refractivity contribution < 1.29 is 20.4 Å². The molecule has 0 fully saturated rings. The lowest BCUT2D eigenvalue weighted by Gasteiger charge is -2.05. The Labute approximate surface area is 68.9 Å². The summed E-state index contributed by atoms with van der Waals surface area (Å²) in [6, 6.07) is 6.19. The molecule has 0 aliphatic rings. The maximum Gasteiger partial charge on any atom is 0.115 e. The molecular formula is C7H9NO4. The third-order valence-corrected chi connectivity index (χ3v) is 1.28. The van der Waals surface area contributed by atoms with Gasteiger partial charge in [0.25, 0.3) is 0 Å². The largest absolute Gasteiger partial charge is 0.508 e. The van der Waals surface area contributed by atoms with E-state index in [1.165, 1.54) is 12.1 Å². The second-order valence-corrected chi connectivity index (χ2v) is 2.19. The first kappa shape index (κ1) is 8.95. The van der Waals surface area contributed by atoms with Crippen LogP contribution in [0.2, 0.25) is 0 Å². The second-order valence-electron chi connectivity index (χ2n) is 2.19. The number of nitrogens with zero attached hydrogens (tertiary/aromatic N) is 1. The van der Waals surface area contributed by atoms with Crippen molar-refractivity contribution in [1.82, 2.24) is 5.39 Å². The van der Waals surface area contributed by atoms with Crippen LogP contribution in [0.4, 0.5) is 0 Å². The minimum absolute atomic E-state index is 0.0350. The zero-order valence-corrected chi connectivity index (χ0v) is 6.21. The van der Waals surface area contributed by atoms with Gasteiger partial charge in [0.05, 0.1) is 12.0 Å². The van der Waals surface area contributed by atoms with E-state index in [-0.39, 0.29) is 17.7 Å². The fourth-order valence-electron chi connectivity index (χ4n) is 0.724. The summed E-state index contributed by atoms with van der Waals surface area (Å²) in [5.74, 6) is 0.156. The monoisotopic (exact) mass is 171 g/mol. The lowest BCUT2D eigenvalue weighted by molar-refractivity contribution is -0.497. The van der Waals surface area contributed by atoms with E-state index in [9.17, 15) is 0 Å². The third-order valence-electron chi connectivity index (χ3n) is 1.28. The van der Waals surface area contributed by atoms with Gasteiger partial charge in [-0.2, -0.15) is 0 Å². The van der Waals surface area contributed by atoms with Crippen LogP contribution >= 0.6 is 0 Å². The van der Waals surface area contributed by atoms with Gasteiger partial charge in [0.15, 0.2) is 0 Å². The maximum atomic E-state index is 8.88. The summed E-state index contributed by atoms with van der Waals surface area (Å²) in [7, 11) is 0. The first-order valence-corrected chi connectivity index (χ1v) is 3.27. The summed E-state index contributed by atoms with van der Waals surface area (Å²) in [6.07, 6.45) is 0. The molecular weight excluding hydrogens is 162 g/mol. The van der Waals surface area contributed by atoms with E-state index in [2.05, 4.69) is 4.84 Å². The van der Waals surface area contributed by atoms with E-state index in [1.807, 2.05) is 0 Å². The summed E-state index contributed by atoms with van der Waals surface area (Å²) in [5.41, 5.74) is 0.723. The van der Waals surface area contributed by atoms with Crippen LogP contribution in [0, 0.1) is 0 Å². The Hall–Kier alpha value is -1.14. The van der Waals surface area contributed by atoms with Crippen LogP contribution in [-0.2, 0) is 11.4 Å². The summed E-state index contributed by atoms with van der Waals surface area (Å²) in [4.78, 5) is 4.33. The number of phenols is 1. The average molecular weight is 171 g/mol. The van der Waals surface area contributed by atoms with Gasteiger partial charge in [-0.05, 0) is 17.7 Å². The van der Waals surface area contributed by atoms with Crippen LogP contribution in [0.25, 0.3) is 0 Å². The molecule has 0 saturated heterocycles. The number of rotatable bonds is 3. The summed E-state index contributed by atoms with van der Waals surface area (Å²) < 4.78 is 0. The van der Waals surface area contributed by atoms with Crippen molar-refractivity contribution in [2.75, 3.05) is 0 Å². The van der Waals surface area contributed by atoms with Crippen molar-refractivity contribution in [2.45, 2.75) is 6.61 Å². The highest BCUT2D eigenvalue weighted by molar-refractivity contribution is 5.25. The van der Waals surface area contributed by atoms with Crippen LogP contribution in [-0.4, -0.2) is 20.9 Å². The SMILES string of the molecule is Oc1ccc(CON(O)O)cc1. The number of hydrogen-bond donors (Lipinski definition) is 3. The minimum atomic E-state index is -0.354. The average Bonchev–Trinajstić information content (AvgIpc) is 2.03. The van der Waals surface area contributed by atoms with Crippen molar-refractivity contribution >= 4 is 0 Å². The molecule has 0 heterocycles. The van der Waals surface area contributed by atoms with Gasteiger partial charge < -0.3 is 5.11 Å². The molecule has 66 valence electrons. The zero-order chi connectivity index (χ0) is 8.97. The Morgan fingerprint density at radius 3 is 2.25 bits per heavy atom. The molecule has 5 heteroatoms. The summed E-state index contributed by atoms with van der Waals surface area (Å²) in [6.45, 7) is 0.0350. The minimum Gasteiger partial charge on any atom is -0.508 e. The van der Waals surface area contributed by atoms with Crippen LogP contribution in [0.15, 0.2) is 24.3 Å². The standard InChI is InChI=1S/C7H9NO4/c9-7-3-1-6(2-4-7)5-12-8(10)11/h1-4,9-11H,5H2. The van der Waals surface area contributed by atoms with E-state index < -0.39 is 0 Å². The molecule has 5 nitrogen and oxygen atoms in total. The summed E-state index contributed by atoms with van der Waals surface area (Å²) in [5, 5.41) is 24.9. The predicted octanol–water partition coefficient (Wildman–Crippen LogP) is 0.904. The Balaban J connectivity index is 2.48. The Morgan fingerprint density at radius 2 is 1.75 bits per heavy atom. The molecule has 0 atom stereocenters. The van der Waals surface area contributed by atoms with E-state index in [0.717, 1.165) is 5.56 Å². The van der Waals surface area contributed by atoms with Crippen molar-refractivity contribution in [3.8, 4) is 5.75 Å². The number of aromatic hydroxyl groups is 1. The first-order valence-electron chi connectivity index (χ1n) is 3.27. The van der Waals surface area contributed by atoms with Gasteiger partial charge in [0.1, 0.15) is 5.75 Å². The third kappa shape index (κ3) is 2.85. The summed E-state index contributed by atoms with van der Waals surface area (Å²) >= 11 is 0. The van der Waals surface area contributed by atoms with Gasteiger partial charge in [-0.25, -0.2) is 4.84 Å². The molecule has 0 aromatic heterocycles. The number of phenolic OH excluding ortho intramolecular Hbond substituents is 1. The second kappa shape index (κ2) is 4.03. The maximum absolute atomic E-state index is 8.88. The van der Waals surface area contributed by atoms with E-state index in [4.69, 9.17) is 15.5 Å². The lowest BCUT2D eigenvalue weighted by atomic mass is 10.2. The van der Waals surface area contributed by atoms with E-state index >= 15 is 0 Å². The molecule has 0 bridgehead atoms. The highest BCUT2D eigenvalue weighted by Gasteiger charge is 1.96. The smallest absolute Gasteiger partial charge is 0.115 e. The van der Waals surface area contributed by atoms with Crippen LogP contribution in [0.3, 0.4) is 0 Å². The van der Waals surface area contributed by atoms with Gasteiger partial charge in [0, 0.05) is 0 Å². The van der Waals surface area contributed by atoms with Crippen LogP contribution < -0.4 is 0 Å². The normalized spacial score (nSPS) is 10.6. The highest BCUT2D eigenvalue weighted by Crippen LogP contribution is 2.10. The molecule has 0 amide bonds. The lowest BCUT2D eigenvalue weighted by Crippen LogP contribution is -2.13. The zero-order valence-electron chi connectivity index (χ0n) is 6.21. The van der Waals surface area contributed by atoms with Crippen molar-refractivity contribution in [2.24, 2.45) is 0 Å². The topological polar surface area (TPSA) is 73.2 Å². The van der Waals surface area contributed by atoms with E-state index in [0.29, 0.717) is 0 Å². The molecule has 0 unspecified atom stereocenters. The number of hydrogen-bond acceptors (Lipinski definition) is 5. The number of benzene rings is 1. The molecule has 0 aliphatic carbocycles. The van der Waals surface area contributed by atoms with Crippen LogP contribution in [0.5, 0.6) is 5.75 Å². The molecule has 12 heavy (non-hydrogen) atoms. The fourth-order valence-corrected chi connectivity index (χ4v) is 0.724. The molecule has 0 spiro atoms. The Morgan fingerprint density at radius 1 is 1.17 bits per heavy atom. The van der Waals surface area contributed by atoms with Gasteiger partial charge in [-0.3, -0.25) is 10.4 Å². The molecule has 1 aromatic carbocycles. The van der Waals surface area contributed by atoms with Gasteiger partial charge >= 0.3 is 0 Å². The van der Waals surface area contributed by atoms with Crippen LogP contribution in [0.1, 0.15) is 5.56 Å². The van der Waals surface area contributed by atoms with Crippen molar-refractivity contribution in [3.05, 3.63) is 29.8 Å². The van der Waals surface area contributed by atoms with Gasteiger partial charge in [-0.1, -0.05) is 12.1 Å². The van der Waals surface area contributed by atoms with E-state index in [1.54, 1.807) is 12.1 Å². The Kier molecular flexibility index (Phi) is 3.01. The highest BCUT2D eigenvalue weighted by atomic mass is 17.1. The van der Waals surface area contributed by atoms with Crippen molar-refractivity contribution in [1.29, 1.82) is 0 Å². The van der Waals surface area contributed by atoms with Gasteiger partial charge in [0.2, 0.25) is 0 Å². The molecule has 3 N–H and O–H groups in total. The molecule has 0 aliphatic heterocycles. The first-order chi connectivity index (χ1) is 5.68. The Bertz CT molecular complexity index is 234. The molecule has 0 radical (unpaired) electrons. The fraction of sp³-hybridized carbons (Fsp3) is 0.143. The van der Waals surface area contributed by atoms with Gasteiger partial charge in [-0.15, -0.1) is 0 Å². The predicted molar refractivity (Wildman–Crippen MR) is 38.3 cm³/mol. The quantitative estimate of drug-likeness (QED) is 0.589. The molecule has 0 saturated carbocycles. The molecule has 1 aromatic rings. The molecule has 1 rings (SSSR count).